The fourth-order valence-electron chi connectivity index (χ4n) is 2.78. The molecule has 0 fully saturated rings. The van der Waals surface area contributed by atoms with Crippen LogP contribution in [0.3, 0.4) is 0 Å². The lowest BCUT2D eigenvalue weighted by molar-refractivity contribution is 0.285. The minimum Gasteiger partial charge on any atom is -0.494 e. The molecule has 0 saturated carbocycles. The van der Waals surface area contributed by atoms with E-state index in [0.29, 0.717) is 11.7 Å². The summed E-state index contributed by atoms with van der Waals surface area (Å²) >= 11 is 5.46. The van der Waals surface area contributed by atoms with E-state index >= 15 is 0 Å². The molecule has 0 bridgehead atoms. The smallest absolute Gasteiger partial charge is 0.171 e. The molecule has 1 heterocycles. The standard InChI is InChI=1S/C21H23N3O2S/c1-14-7-4-5-9-18(14)26-13-15(2)23-21(27)24-17-10-11-19(25-3)20-16(17)8-6-12-22-20/h4-12,15H,13H2,1-3H3,(H2,23,24,27). The van der Waals surface area contributed by atoms with E-state index in [4.69, 9.17) is 21.7 Å². The number of para-hydroxylation sites is 1. The molecular formula is C21H23N3O2S. The van der Waals surface area contributed by atoms with Crippen LogP contribution in [0.2, 0.25) is 0 Å². The zero-order valence-corrected chi connectivity index (χ0v) is 16.5. The van der Waals surface area contributed by atoms with Gasteiger partial charge in [-0.1, -0.05) is 18.2 Å². The second-order valence-electron chi connectivity index (χ2n) is 6.29. The Kier molecular flexibility index (Phi) is 6.08. The Bertz CT molecular complexity index is 946. The van der Waals surface area contributed by atoms with Gasteiger partial charge in [-0.15, -0.1) is 0 Å². The number of hydrogen-bond donors (Lipinski definition) is 2. The number of fused-ring (bicyclic) bond motifs is 1. The third kappa shape index (κ3) is 4.65. The van der Waals surface area contributed by atoms with Crippen LogP contribution in [0.4, 0.5) is 5.69 Å². The Morgan fingerprint density at radius 2 is 1.93 bits per heavy atom. The first-order valence-electron chi connectivity index (χ1n) is 8.76. The predicted molar refractivity (Wildman–Crippen MR) is 114 cm³/mol. The molecule has 3 aromatic rings. The molecule has 1 atom stereocenters. The van der Waals surface area contributed by atoms with Crippen molar-refractivity contribution in [1.82, 2.24) is 10.3 Å². The molecule has 2 N–H and O–H groups in total. The summed E-state index contributed by atoms with van der Waals surface area (Å²) in [6.45, 7) is 4.57. The third-order valence-corrected chi connectivity index (χ3v) is 4.38. The SMILES string of the molecule is COc1ccc(NC(=S)NC(C)COc2ccccc2C)c2cccnc12. The summed E-state index contributed by atoms with van der Waals surface area (Å²) in [6.07, 6.45) is 1.75. The number of benzene rings is 2. The van der Waals surface area contributed by atoms with Gasteiger partial charge in [0.05, 0.1) is 13.2 Å². The lowest BCUT2D eigenvalue weighted by Gasteiger charge is -2.19. The fourth-order valence-corrected chi connectivity index (χ4v) is 3.09. The summed E-state index contributed by atoms with van der Waals surface area (Å²) < 4.78 is 11.3. The summed E-state index contributed by atoms with van der Waals surface area (Å²) in [5, 5.41) is 7.98. The lowest BCUT2D eigenvalue weighted by atomic mass is 10.1. The molecule has 0 aliphatic carbocycles. The van der Waals surface area contributed by atoms with Gasteiger partial charge in [0.15, 0.2) is 5.11 Å². The zero-order valence-electron chi connectivity index (χ0n) is 15.7. The van der Waals surface area contributed by atoms with Crippen molar-refractivity contribution in [2.45, 2.75) is 19.9 Å². The molecule has 0 spiro atoms. The van der Waals surface area contributed by atoms with Gasteiger partial charge in [-0.05, 0) is 62.0 Å². The van der Waals surface area contributed by atoms with Crippen LogP contribution in [-0.2, 0) is 0 Å². The predicted octanol–water partition coefficient (Wildman–Crippen LogP) is 4.31. The van der Waals surface area contributed by atoms with Crippen molar-refractivity contribution in [1.29, 1.82) is 0 Å². The lowest BCUT2D eigenvalue weighted by Crippen LogP contribution is -2.39. The van der Waals surface area contributed by atoms with E-state index in [1.165, 1.54) is 0 Å². The van der Waals surface area contributed by atoms with Gasteiger partial charge in [0.25, 0.3) is 0 Å². The van der Waals surface area contributed by atoms with Crippen molar-refractivity contribution in [3.05, 3.63) is 60.3 Å². The van der Waals surface area contributed by atoms with Crippen LogP contribution >= 0.6 is 12.2 Å². The maximum atomic E-state index is 5.87. The van der Waals surface area contributed by atoms with E-state index in [1.54, 1.807) is 13.3 Å². The first-order valence-corrected chi connectivity index (χ1v) is 9.17. The highest BCUT2D eigenvalue weighted by Gasteiger charge is 2.10. The molecule has 0 radical (unpaired) electrons. The van der Waals surface area contributed by atoms with Gasteiger partial charge in [-0.25, -0.2) is 0 Å². The Labute approximate surface area is 164 Å². The van der Waals surface area contributed by atoms with E-state index in [-0.39, 0.29) is 6.04 Å². The van der Waals surface area contributed by atoms with Crippen LogP contribution in [0.15, 0.2) is 54.7 Å². The van der Waals surface area contributed by atoms with Crippen molar-refractivity contribution >= 4 is 33.9 Å². The molecule has 1 unspecified atom stereocenters. The van der Waals surface area contributed by atoms with Gasteiger partial charge < -0.3 is 20.1 Å². The number of pyridine rings is 1. The summed E-state index contributed by atoms with van der Waals surface area (Å²) in [5.74, 6) is 1.62. The molecule has 0 saturated heterocycles. The van der Waals surface area contributed by atoms with Crippen LogP contribution in [-0.4, -0.2) is 29.9 Å². The highest BCUT2D eigenvalue weighted by atomic mass is 32.1. The maximum absolute atomic E-state index is 5.87. The Morgan fingerprint density at radius 3 is 2.70 bits per heavy atom. The first-order chi connectivity index (χ1) is 13.1. The summed E-state index contributed by atoms with van der Waals surface area (Å²) in [5.41, 5.74) is 2.79. The topological polar surface area (TPSA) is 55.4 Å². The minimum absolute atomic E-state index is 0.0484. The fraction of sp³-hybridized carbons (Fsp3) is 0.238. The van der Waals surface area contributed by atoms with Gasteiger partial charge in [0, 0.05) is 17.3 Å². The second-order valence-corrected chi connectivity index (χ2v) is 6.70. The van der Waals surface area contributed by atoms with Crippen molar-refractivity contribution in [2.24, 2.45) is 0 Å². The molecule has 3 rings (SSSR count). The van der Waals surface area contributed by atoms with E-state index in [1.807, 2.05) is 62.4 Å². The van der Waals surface area contributed by atoms with Crippen molar-refractivity contribution in [3.63, 3.8) is 0 Å². The summed E-state index contributed by atoms with van der Waals surface area (Å²) in [6, 6.07) is 15.7. The van der Waals surface area contributed by atoms with Gasteiger partial charge in [0.1, 0.15) is 23.6 Å². The molecule has 140 valence electrons. The van der Waals surface area contributed by atoms with Gasteiger partial charge in [-0.2, -0.15) is 0 Å². The molecule has 6 heteroatoms. The largest absolute Gasteiger partial charge is 0.494 e. The highest BCUT2D eigenvalue weighted by Crippen LogP contribution is 2.29. The molecular weight excluding hydrogens is 358 g/mol. The maximum Gasteiger partial charge on any atom is 0.171 e. The number of aryl methyl sites for hydroxylation is 1. The van der Waals surface area contributed by atoms with Crippen LogP contribution in [0.25, 0.3) is 10.9 Å². The summed E-state index contributed by atoms with van der Waals surface area (Å²) in [4.78, 5) is 4.40. The third-order valence-electron chi connectivity index (χ3n) is 4.16. The molecule has 27 heavy (non-hydrogen) atoms. The molecule has 0 aliphatic rings. The molecule has 5 nitrogen and oxygen atoms in total. The van der Waals surface area contributed by atoms with Crippen LogP contribution in [0, 0.1) is 6.92 Å². The average molecular weight is 382 g/mol. The van der Waals surface area contributed by atoms with Crippen LogP contribution in [0.1, 0.15) is 12.5 Å². The number of nitrogens with zero attached hydrogens (tertiary/aromatic N) is 1. The van der Waals surface area contributed by atoms with E-state index in [0.717, 1.165) is 33.7 Å². The second kappa shape index (κ2) is 8.68. The highest BCUT2D eigenvalue weighted by molar-refractivity contribution is 7.80. The van der Waals surface area contributed by atoms with Gasteiger partial charge in [-0.3, -0.25) is 4.98 Å². The minimum atomic E-state index is 0.0484. The van der Waals surface area contributed by atoms with Crippen molar-refractivity contribution in [3.8, 4) is 11.5 Å². The zero-order chi connectivity index (χ0) is 19.2. The van der Waals surface area contributed by atoms with Crippen molar-refractivity contribution < 1.29 is 9.47 Å². The molecule has 2 aromatic carbocycles. The monoisotopic (exact) mass is 381 g/mol. The average Bonchev–Trinajstić information content (AvgIpc) is 2.67. The van der Waals surface area contributed by atoms with Crippen LogP contribution < -0.4 is 20.1 Å². The van der Waals surface area contributed by atoms with Gasteiger partial charge in [0.2, 0.25) is 0 Å². The molecule has 1 aromatic heterocycles. The Morgan fingerprint density at radius 1 is 1.11 bits per heavy atom. The number of methoxy groups -OCH3 is 1. The number of thiocarbonyl (C=S) groups is 1. The molecule has 0 aliphatic heterocycles. The number of hydrogen-bond acceptors (Lipinski definition) is 4. The molecule has 0 amide bonds. The number of rotatable bonds is 6. The Hall–Kier alpha value is -2.86. The number of aromatic nitrogens is 1. The number of ether oxygens (including phenoxy) is 2. The summed E-state index contributed by atoms with van der Waals surface area (Å²) in [7, 11) is 1.64. The van der Waals surface area contributed by atoms with Gasteiger partial charge >= 0.3 is 0 Å². The van der Waals surface area contributed by atoms with E-state index in [9.17, 15) is 0 Å². The normalized spacial score (nSPS) is 11.7. The number of nitrogens with one attached hydrogen (secondary N) is 2. The Balaban J connectivity index is 1.62. The van der Waals surface area contributed by atoms with Crippen molar-refractivity contribution in [2.75, 3.05) is 19.0 Å². The van der Waals surface area contributed by atoms with Crippen LogP contribution in [0.5, 0.6) is 11.5 Å². The quantitative estimate of drug-likeness (QED) is 0.621. The first kappa shape index (κ1) is 18.9. The number of anilines is 1. The van der Waals surface area contributed by atoms with E-state index in [2.05, 4.69) is 15.6 Å². The van der Waals surface area contributed by atoms with E-state index < -0.39 is 0 Å².